The van der Waals surface area contributed by atoms with Gasteiger partial charge in [0.15, 0.2) is 11.5 Å². The van der Waals surface area contributed by atoms with Crippen molar-refractivity contribution in [1.29, 1.82) is 0 Å². The quantitative estimate of drug-likeness (QED) is 0.0531. The summed E-state index contributed by atoms with van der Waals surface area (Å²) in [6.07, 6.45) is 34.2. The molecule has 1 aliphatic rings. The SMILES string of the molecule is CCCCCCCCCCCCCCCCOc1cc(NC(=O)NC2COCCOCCOCCOCCOCCOCCOCCOCCOCCOCCOCCOCCOCCOCCOCCOCCOCCOCCOCCOCCOCCOCCOCCOCCOCCOCCOCCOCCOCC2O)cc(OCCCCCCCCCCCCCCCC)c1OC. The van der Waals surface area contributed by atoms with E-state index in [2.05, 4.69) is 24.5 Å². The Morgan fingerprint density at radius 3 is 0.566 bits per heavy atom. The van der Waals surface area contributed by atoms with Crippen LogP contribution in [0.15, 0.2) is 12.1 Å². The maximum atomic E-state index is 14.1. The summed E-state index contributed by atoms with van der Waals surface area (Å²) in [4.78, 5) is 14.1. The van der Waals surface area contributed by atoms with E-state index in [1.165, 1.54) is 141 Å². The number of carbonyl (C=O) groups excluding carboxylic acids is 1. The highest BCUT2D eigenvalue weighted by Crippen LogP contribution is 2.41. The van der Waals surface area contributed by atoms with E-state index in [0.717, 1.165) is 38.5 Å². The summed E-state index contributed by atoms with van der Waals surface area (Å²) in [6, 6.07) is 2.07. The van der Waals surface area contributed by atoms with Crippen molar-refractivity contribution in [1.82, 2.24) is 5.32 Å². The van der Waals surface area contributed by atoms with Crippen LogP contribution in [0, 0.1) is 0 Å². The fraction of sp³-hybridized carbons (Fsp3) is 0.930. The van der Waals surface area contributed by atoms with Gasteiger partial charge in [-0.3, -0.25) is 0 Å². The van der Waals surface area contributed by atoms with Gasteiger partial charge in [-0.25, -0.2) is 4.79 Å². The number of carbonyl (C=O) groups is 1. The number of anilines is 1. The topological polar surface area (TPSA) is 357 Å². The van der Waals surface area contributed by atoms with Crippen molar-refractivity contribution >= 4 is 11.7 Å². The highest BCUT2D eigenvalue weighted by molar-refractivity contribution is 5.90. The largest absolute Gasteiger partial charge is 0.490 e. The molecule has 136 heavy (non-hydrogen) atoms. The summed E-state index contributed by atoms with van der Waals surface area (Å²) in [5.74, 6) is 1.44. The number of amides is 2. The molecule has 1 aromatic rings. The molecule has 2 atom stereocenters. The normalized spacial score (nSPS) is 20.8. The number of hydrogen-bond acceptors (Lipinski definition) is 34. The lowest BCUT2D eigenvalue weighted by atomic mass is 10.0. The number of hydrogen-bond donors (Lipinski definition) is 3. The Morgan fingerprint density at radius 1 is 0.243 bits per heavy atom. The molecule has 806 valence electrons. The number of nitrogens with one attached hydrogen (secondary N) is 2. The van der Waals surface area contributed by atoms with E-state index in [0.29, 0.717) is 380 Å². The monoisotopic (exact) mass is 1970 g/mol. The number of ether oxygens (including phenoxy) is 32. The number of rotatable bonds is 35. The first kappa shape index (κ1) is 129. The summed E-state index contributed by atoms with van der Waals surface area (Å²) in [5.41, 5.74) is 0.440. The molecule has 36 heteroatoms. The summed E-state index contributed by atoms with van der Waals surface area (Å²) in [5, 5.41) is 17.5. The molecule has 0 saturated carbocycles. The third kappa shape index (κ3) is 96.8. The first-order valence-corrected chi connectivity index (χ1v) is 52.1. The molecule has 1 saturated heterocycles. The lowest BCUT2D eigenvalue weighted by Gasteiger charge is -2.24. The fourth-order valence-electron chi connectivity index (χ4n) is 13.2. The Hall–Kier alpha value is -3.31. The summed E-state index contributed by atoms with van der Waals surface area (Å²) >= 11 is 0. The molecule has 2 amide bonds. The number of urea groups is 1. The van der Waals surface area contributed by atoms with Crippen molar-refractivity contribution in [2.45, 2.75) is 206 Å². The fourth-order valence-corrected chi connectivity index (χ4v) is 13.2. The Kier molecular flexibility index (Phi) is 106. The Bertz CT molecular complexity index is 2420. The number of benzene rings is 1. The van der Waals surface area contributed by atoms with Crippen LogP contribution in [0.25, 0.3) is 0 Å². The first-order chi connectivity index (χ1) is 67.6. The van der Waals surface area contributed by atoms with Crippen LogP contribution in [0.3, 0.4) is 0 Å². The van der Waals surface area contributed by atoms with Gasteiger partial charge in [0, 0.05) is 12.1 Å². The molecule has 0 bridgehead atoms. The van der Waals surface area contributed by atoms with Gasteiger partial charge in [0.2, 0.25) is 5.75 Å². The molecule has 1 heterocycles. The molecule has 1 aliphatic heterocycles. The van der Waals surface area contributed by atoms with E-state index < -0.39 is 18.2 Å². The van der Waals surface area contributed by atoms with Crippen molar-refractivity contribution in [3.05, 3.63) is 12.1 Å². The van der Waals surface area contributed by atoms with Crippen LogP contribution >= 0.6 is 0 Å². The summed E-state index contributed by atoms with van der Waals surface area (Å²) in [6.45, 7) is 29.5. The number of aliphatic hydroxyl groups excluding tert-OH is 1. The van der Waals surface area contributed by atoms with Crippen LogP contribution in [-0.4, -0.2) is 427 Å². The highest BCUT2D eigenvalue weighted by Gasteiger charge is 2.24. The second kappa shape index (κ2) is 112. The maximum absolute atomic E-state index is 14.1. The predicted molar refractivity (Wildman–Crippen MR) is 520 cm³/mol. The number of methoxy groups -OCH3 is 1. The zero-order valence-electron chi connectivity index (χ0n) is 85.0. The molecule has 1 aromatic carbocycles. The molecular weight excluding hydrogens is 1770 g/mol. The third-order valence-electron chi connectivity index (χ3n) is 20.8. The van der Waals surface area contributed by atoms with Gasteiger partial charge in [-0.1, -0.05) is 181 Å². The van der Waals surface area contributed by atoms with Crippen LogP contribution < -0.4 is 24.8 Å². The van der Waals surface area contributed by atoms with Crippen LogP contribution in [0.5, 0.6) is 17.2 Å². The van der Waals surface area contributed by atoms with E-state index in [4.69, 9.17) is 152 Å². The van der Waals surface area contributed by atoms with E-state index in [-0.39, 0.29) is 39.6 Å². The molecule has 36 nitrogen and oxygen atoms in total. The average Bonchev–Trinajstić information content (AvgIpc) is 0.821. The number of aliphatic hydroxyl groups is 1. The Balaban J connectivity index is 1.83. The molecule has 0 aromatic heterocycles. The van der Waals surface area contributed by atoms with Gasteiger partial charge < -0.3 is 167 Å². The van der Waals surface area contributed by atoms with E-state index in [9.17, 15) is 9.90 Å². The van der Waals surface area contributed by atoms with Crippen molar-refractivity contribution < 1.29 is 161 Å². The molecule has 2 rings (SSSR count). The predicted octanol–water partition coefficient (Wildman–Crippen LogP) is 12.8. The minimum Gasteiger partial charge on any atom is -0.490 e. The molecular formula is C100H192N2O34. The smallest absolute Gasteiger partial charge is 0.319 e. The molecule has 0 aliphatic carbocycles. The highest BCUT2D eigenvalue weighted by atomic mass is 16.6. The third-order valence-corrected chi connectivity index (χ3v) is 20.8. The molecule has 2 unspecified atom stereocenters. The van der Waals surface area contributed by atoms with E-state index in [1.807, 2.05) is 0 Å². The maximum Gasteiger partial charge on any atom is 0.319 e. The standard InChI is InChI=1S/C100H192N2O34/c1-4-6-8-10-12-14-16-18-20-22-24-26-28-30-32-135-97-90-94(91-98(99(97)105-3)136-33-31-29-27-25-23-21-19-17-15-13-11-9-7-5-2)101-100(104)102-95-92-133-88-86-131-84-82-129-80-78-127-76-74-125-72-70-123-68-66-121-64-62-119-60-58-117-56-54-115-52-50-113-48-46-111-44-42-109-40-38-107-36-34-106-35-37-108-39-41-110-43-45-112-47-49-114-51-53-116-55-57-118-59-61-120-63-65-122-67-69-124-71-73-126-75-77-128-79-81-130-83-85-132-87-89-134-93-96(95)103/h90-91,95-96,103H,4-89,92-93H2,1-3H3,(H2,101,102,104). The van der Waals surface area contributed by atoms with Gasteiger partial charge in [-0.15, -0.1) is 0 Å². The van der Waals surface area contributed by atoms with E-state index in [1.54, 1.807) is 19.2 Å². The van der Waals surface area contributed by atoms with Gasteiger partial charge in [0.05, 0.1) is 421 Å². The van der Waals surface area contributed by atoms with Crippen LogP contribution in [-0.2, 0) is 137 Å². The summed E-state index contributed by atoms with van der Waals surface area (Å²) in [7, 11) is 1.61. The van der Waals surface area contributed by atoms with Gasteiger partial charge >= 0.3 is 6.03 Å². The van der Waals surface area contributed by atoms with Gasteiger partial charge in [0.25, 0.3) is 0 Å². The zero-order chi connectivity index (χ0) is 96.7. The Labute approximate surface area is 818 Å². The zero-order valence-corrected chi connectivity index (χ0v) is 85.0. The lowest BCUT2D eigenvalue weighted by Crippen LogP contribution is -2.49. The van der Waals surface area contributed by atoms with Gasteiger partial charge in [-0.2, -0.15) is 0 Å². The Morgan fingerprint density at radius 2 is 0.397 bits per heavy atom. The van der Waals surface area contributed by atoms with E-state index >= 15 is 0 Å². The molecule has 3 N–H and O–H groups in total. The van der Waals surface area contributed by atoms with Crippen molar-refractivity contribution in [3.8, 4) is 17.2 Å². The van der Waals surface area contributed by atoms with Crippen LogP contribution in [0.1, 0.15) is 194 Å². The van der Waals surface area contributed by atoms with Crippen molar-refractivity contribution in [3.63, 3.8) is 0 Å². The van der Waals surface area contributed by atoms with Gasteiger partial charge in [-0.05, 0) is 12.8 Å². The summed E-state index contributed by atoms with van der Waals surface area (Å²) < 4.78 is 182. The van der Waals surface area contributed by atoms with Crippen molar-refractivity contribution in [2.75, 3.05) is 409 Å². The molecule has 0 radical (unpaired) electrons. The lowest BCUT2D eigenvalue weighted by molar-refractivity contribution is -0.0396. The second-order valence-electron chi connectivity index (χ2n) is 32.4. The second-order valence-corrected chi connectivity index (χ2v) is 32.4. The molecule has 0 spiro atoms. The van der Waals surface area contributed by atoms with Gasteiger partial charge in [0.1, 0.15) is 0 Å². The average molecular weight is 1970 g/mol. The van der Waals surface area contributed by atoms with Crippen LogP contribution in [0.4, 0.5) is 10.5 Å². The first-order valence-electron chi connectivity index (χ1n) is 52.1. The minimum absolute atomic E-state index is 0.0424. The minimum atomic E-state index is -1.16. The van der Waals surface area contributed by atoms with Crippen molar-refractivity contribution in [2.24, 2.45) is 0 Å². The number of unbranched alkanes of at least 4 members (excludes halogenated alkanes) is 26. The van der Waals surface area contributed by atoms with Crippen LogP contribution in [0.2, 0.25) is 0 Å². The molecule has 1 fully saturated rings.